The van der Waals surface area contributed by atoms with Crippen LogP contribution in [0.3, 0.4) is 0 Å². The van der Waals surface area contributed by atoms with E-state index in [0.717, 1.165) is 37.9 Å². The van der Waals surface area contributed by atoms with E-state index < -0.39 is 10.0 Å². The normalized spacial score (nSPS) is 15.9. The third-order valence-corrected chi connectivity index (χ3v) is 6.20. The molecule has 140 valence electrons. The minimum absolute atomic E-state index is 0.0769. The molecule has 25 heavy (non-hydrogen) atoms. The molecule has 6 nitrogen and oxygen atoms in total. The van der Waals surface area contributed by atoms with Crippen molar-refractivity contribution >= 4 is 15.9 Å². The molecule has 1 aliphatic rings. The number of nitrogens with one attached hydrogen (secondary N) is 2. The number of carbonyl (C=O) groups is 1. The molecule has 0 radical (unpaired) electrons. The van der Waals surface area contributed by atoms with Gasteiger partial charge in [0.2, 0.25) is 15.9 Å². The van der Waals surface area contributed by atoms with Crippen LogP contribution in [0, 0.1) is 12.8 Å². The van der Waals surface area contributed by atoms with Gasteiger partial charge in [-0.3, -0.25) is 4.79 Å². The highest BCUT2D eigenvalue weighted by Gasteiger charge is 2.17. The summed E-state index contributed by atoms with van der Waals surface area (Å²) in [5, 5.41) is 3.32. The molecular formula is C18H29N3O3S. The van der Waals surface area contributed by atoms with Crippen molar-refractivity contribution in [3.05, 3.63) is 29.8 Å². The molecule has 1 aromatic rings. The van der Waals surface area contributed by atoms with Gasteiger partial charge in [-0.05, 0) is 57.3 Å². The van der Waals surface area contributed by atoms with E-state index in [4.69, 9.17) is 0 Å². The van der Waals surface area contributed by atoms with Gasteiger partial charge in [0.1, 0.15) is 0 Å². The first kappa shape index (κ1) is 19.9. The highest BCUT2D eigenvalue weighted by atomic mass is 32.2. The summed E-state index contributed by atoms with van der Waals surface area (Å²) in [5.74, 6) is 0.701. The molecule has 0 spiro atoms. The highest BCUT2D eigenvalue weighted by Crippen LogP contribution is 2.18. The highest BCUT2D eigenvalue weighted by molar-refractivity contribution is 7.89. The number of aryl methyl sites for hydroxylation is 1. The van der Waals surface area contributed by atoms with Crippen LogP contribution in [0.4, 0.5) is 0 Å². The van der Waals surface area contributed by atoms with Crippen molar-refractivity contribution in [2.45, 2.75) is 37.5 Å². The Hall–Kier alpha value is -1.44. The minimum atomic E-state index is -3.52. The molecule has 1 aromatic carbocycles. The summed E-state index contributed by atoms with van der Waals surface area (Å²) in [4.78, 5) is 14.0. The average Bonchev–Trinajstić information content (AvgIpc) is 2.60. The van der Waals surface area contributed by atoms with Gasteiger partial charge in [0.15, 0.2) is 0 Å². The Bertz CT molecular complexity index is 653. The number of hydrogen-bond acceptors (Lipinski definition) is 4. The molecule has 1 fully saturated rings. The SMILES string of the molecule is Cc1ccc(S(=O)(=O)NCCN(C)C(=O)CCC2CCNCC2)cc1. The smallest absolute Gasteiger partial charge is 0.240 e. The van der Waals surface area contributed by atoms with Crippen LogP contribution in [0.25, 0.3) is 0 Å². The Kier molecular flexibility index (Phi) is 7.40. The van der Waals surface area contributed by atoms with Crippen molar-refractivity contribution in [1.29, 1.82) is 0 Å². The predicted octanol–water partition coefficient (Wildman–Crippen LogP) is 1.51. The summed E-state index contributed by atoms with van der Waals surface area (Å²) in [5.41, 5.74) is 1.01. The number of sulfonamides is 1. The quantitative estimate of drug-likeness (QED) is 0.730. The third-order valence-electron chi connectivity index (χ3n) is 4.72. The number of hydrogen-bond donors (Lipinski definition) is 2. The second-order valence-corrected chi connectivity index (χ2v) is 8.53. The standard InChI is InChI=1S/C18H29N3O3S/c1-15-3-6-17(7-4-15)25(23,24)20-13-14-21(2)18(22)8-5-16-9-11-19-12-10-16/h3-4,6-7,16,19-20H,5,8-14H2,1-2H3. The molecular weight excluding hydrogens is 338 g/mol. The van der Waals surface area contributed by atoms with Crippen LogP contribution in [-0.4, -0.2) is 52.5 Å². The van der Waals surface area contributed by atoms with Crippen molar-refractivity contribution in [2.24, 2.45) is 5.92 Å². The Morgan fingerprint density at radius 3 is 2.52 bits per heavy atom. The molecule has 0 bridgehead atoms. The molecule has 0 saturated carbocycles. The van der Waals surface area contributed by atoms with Gasteiger partial charge in [0.05, 0.1) is 4.90 Å². The molecule has 0 aliphatic carbocycles. The van der Waals surface area contributed by atoms with E-state index in [9.17, 15) is 13.2 Å². The van der Waals surface area contributed by atoms with Crippen LogP contribution in [0.15, 0.2) is 29.2 Å². The van der Waals surface area contributed by atoms with Crippen molar-refractivity contribution in [3.63, 3.8) is 0 Å². The summed E-state index contributed by atoms with van der Waals surface area (Å²) >= 11 is 0. The molecule has 0 aromatic heterocycles. The molecule has 2 rings (SSSR count). The van der Waals surface area contributed by atoms with Gasteiger partial charge >= 0.3 is 0 Å². The number of likely N-dealkylation sites (N-methyl/N-ethyl adjacent to an activating group) is 1. The van der Waals surface area contributed by atoms with Gasteiger partial charge < -0.3 is 10.2 Å². The van der Waals surface area contributed by atoms with Crippen molar-refractivity contribution in [1.82, 2.24) is 14.9 Å². The Balaban J connectivity index is 1.72. The Labute approximate surface area is 151 Å². The maximum atomic E-state index is 12.2. The monoisotopic (exact) mass is 367 g/mol. The summed E-state index contributed by atoms with van der Waals surface area (Å²) in [7, 11) is -1.80. The van der Waals surface area contributed by atoms with Gasteiger partial charge in [0.25, 0.3) is 0 Å². The molecule has 1 aliphatic heterocycles. The van der Waals surface area contributed by atoms with Crippen LogP contribution in [0.2, 0.25) is 0 Å². The average molecular weight is 368 g/mol. The molecule has 7 heteroatoms. The fourth-order valence-electron chi connectivity index (χ4n) is 2.96. The second-order valence-electron chi connectivity index (χ2n) is 6.76. The number of benzene rings is 1. The zero-order chi connectivity index (χ0) is 18.3. The lowest BCUT2D eigenvalue weighted by atomic mass is 9.93. The summed E-state index contributed by atoms with van der Waals surface area (Å²) < 4.78 is 27.0. The van der Waals surface area contributed by atoms with Crippen LogP contribution in [-0.2, 0) is 14.8 Å². The van der Waals surface area contributed by atoms with Crippen LogP contribution >= 0.6 is 0 Å². The molecule has 2 N–H and O–H groups in total. The van der Waals surface area contributed by atoms with E-state index >= 15 is 0 Å². The van der Waals surface area contributed by atoms with Crippen LogP contribution in [0.5, 0.6) is 0 Å². The molecule has 1 saturated heterocycles. The zero-order valence-electron chi connectivity index (χ0n) is 15.1. The van der Waals surface area contributed by atoms with Gasteiger partial charge in [-0.15, -0.1) is 0 Å². The van der Waals surface area contributed by atoms with Crippen molar-refractivity contribution < 1.29 is 13.2 Å². The van der Waals surface area contributed by atoms with Gasteiger partial charge in [-0.25, -0.2) is 13.1 Å². The van der Waals surface area contributed by atoms with E-state index in [1.165, 1.54) is 0 Å². The van der Waals surface area contributed by atoms with Crippen molar-refractivity contribution in [3.8, 4) is 0 Å². The first-order valence-corrected chi connectivity index (χ1v) is 10.4. The fraction of sp³-hybridized carbons (Fsp3) is 0.611. The maximum Gasteiger partial charge on any atom is 0.240 e. The van der Waals surface area contributed by atoms with E-state index in [1.807, 2.05) is 6.92 Å². The van der Waals surface area contributed by atoms with Crippen LogP contribution in [0.1, 0.15) is 31.2 Å². The molecule has 0 unspecified atom stereocenters. The largest absolute Gasteiger partial charge is 0.344 e. The van der Waals surface area contributed by atoms with E-state index in [0.29, 0.717) is 18.9 Å². The lowest BCUT2D eigenvalue weighted by molar-refractivity contribution is -0.130. The van der Waals surface area contributed by atoms with Gasteiger partial charge in [-0.1, -0.05) is 17.7 Å². The summed E-state index contributed by atoms with van der Waals surface area (Å²) in [6, 6.07) is 6.72. The van der Waals surface area contributed by atoms with E-state index in [-0.39, 0.29) is 17.3 Å². The number of rotatable bonds is 8. The summed E-state index contributed by atoms with van der Waals surface area (Å²) in [6.07, 6.45) is 3.71. The zero-order valence-corrected chi connectivity index (χ0v) is 15.9. The molecule has 1 heterocycles. The first-order valence-electron chi connectivity index (χ1n) is 8.89. The predicted molar refractivity (Wildman–Crippen MR) is 98.8 cm³/mol. The maximum absolute atomic E-state index is 12.2. The van der Waals surface area contributed by atoms with Crippen molar-refractivity contribution in [2.75, 3.05) is 33.2 Å². The Morgan fingerprint density at radius 1 is 1.24 bits per heavy atom. The topological polar surface area (TPSA) is 78.5 Å². The van der Waals surface area contributed by atoms with E-state index in [2.05, 4.69) is 10.0 Å². The van der Waals surface area contributed by atoms with Crippen LogP contribution < -0.4 is 10.0 Å². The third kappa shape index (κ3) is 6.41. The molecule has 1 amide bonds. The minimum Gasteiger partial charge on any atom is -0.344 e. The van der Waals surface area contributed by atoms with Gasteiger partial charge in [0, 0.05) is 26.6 Å². The number of nitrogens with zero attached hydrogens (tertiary/aromatic N) is 1. The molecule has 0 atom stereocenters. The number of piperidine rings is 1. The first-order chi connectivity index (χ1) is 11.9. The van der Waals surface area contributed by atoms with Gasteiger partial charge in [-0.2, -0.15) is 0 Å². The fourth-order valence-corrected chi connectivity index (χ4v) is 3.98. The summed E-state index contributed by atoms with van der Waals surface area (Å²) in [6.45, 7) is 4.57. The second kappa shape index (κ2) is 9.31. The Morgan fingerprint density at radius 2 is 1.88 bits per heavy atom. The lowest BCUT2D eigenvalue weighted by Gasteiger charge is -2.23. The number of carbonyl (C=O) groups excluding carboxylic acids is 1. The van der Waals surface area contributed by atoms with E-state index in [1.54, 1.807) is 36.2 Å². The number of amides is 1. The lowest BCUT2D eigenvalue weighted by Crippen LogP contribution is -2.36.